The molecule has 0 atom stereocenters. The maximum absolute atomic E-state index is 13.3. The molecule has 1 aromatic carbocycles. The van der Waals surface area contributed by atoms with Crippen molar-refractivity contribution in [1.82, 2.24) is 0 Å². The quantitative estimate of drug-likeness (QED) is 0.609. The van der Waals surface area contributed by atoms with Gasteiger partial charge in [-0.15, -0.1) is 0 Å². The Bertz CT molecular complexity index is 631. The monoisotopic (exact) mass is 292 g/mol. The predicted octanol–water partition coefficient (Wildman–Crippen LogP) is 4.32. The Balaban J connectivity index is 2.41. The van der Waals surface area contributed by atoms with Crippen LogP contribution in [0, 0.1) is 5.82 Å². The average Bonchev–Trinajstić information content (AvgIpc) is 2.72. The van der Waals surface area contributed by atoms with Gasteiger partial charge in [0.1, 0.15) is 5.82 Å². The van der Waals surface area contributed by atoms with Crippen molar-refractivity contribution in [3.05, 3.63) is 58.3 Å². The van der Waals surface area contributed by atoms with E-state index in [4.69, 9.17) is 11.6 Å². The molecule has 0 saturated carbocycles. The second-order valence-electron chi connectivity index (χ2n) is 3.63. The van der Waals surface area contributed by atoms with E-state index in [2.05, 4.69) is 4.42 Å². The molecule has 0 aliphatic heterocycles. The molecule has 1 aromatic heterocycles. The van der Waals surface area contributed by atoms with Gasteiger partial charge < -0.3 is 4.42 Å². The van der Waals surface area contributed by atoms with Crippen LogP contribution in [-0.2, 0) is 6.18 Å². The molecule has 0 aliphatic rings. The van der Waals surface area contributed by atoms with Crippen LogP contribution in [-0.4, -0.2) is 5.78 Å². The third-order valence-electron chi connectivity index (χ3n) is 2.40. The number of ketones is 1. The maximum Gasteiger partial charge on any atom is 0.419 e. The molecule has 0 bridgehead atoms. The summed E-state index contributed by atoms with van der Waals surface area (Å²) in [5.41, 5.74) is -1.71. The smallest absolute Gasteiger partial charge is 0.419 e. The van der Waals surface area contributed by atoms with Crippen LogP contribution in [0.3, 0.4) is 0 Å². The van der Waals surface area contributed by atoms with Crippen molar-refractivity contribution in [1.29, 1.82) is 0 Å². The summed E-state index contributed by atoms with van der Waals surface area (Å²) in [6, 6.07) is 3.17. The molecule has 7 heteroatoms. The molecule has 0 fully saturated rings. The van der Waals surface area contributed by atoms with Crippen LogP contribution in [0.15, 0.2) is 34.9 Å². The molecule has 0 spiro atoms. The van der Waals surface area contributed by atoms with Crippen molar-refractivity contribution in [3.8, 4) is 0 Å². The number of carbonyl (C=O) groups is 1. The van der Waals surface area contributed by atoms with E-state index in [1.54, 1.807) is 0 Å². The SMILES string of the molecule is O=C(c1ccc(C(F)(F)F)c(F)c1)c1ccoc1Cl. The first-order valence-electron chi connectivity index (χ1n) is 4.95. The number of rotatable bonds is 2. The van der Waals surface area contributed by atoms with E-state index in [9.17, 15) is 22.4 Å². The van der Waals surface area contributed by atoms with Crippen LogP contribution < -0.4 is 0 Å². The van der Waals surface area contributed by atoms with Crippen LogP contribution in [0.25, 0.3) is 0 Å². The number of halogens is 5. The molecular formula is C12H5ClF4O2. The lowest BCUT2D eigenvalue weighted by Crippen LogP contribution is -2.10. The van der Waals surface area contributed by atoms with Gasteiger partial charge in [-0.2, -0.15) is 13.2 Å². The number of benzene rings is 1. The maximum atomic E-state index is 13.3. The molecule has 2 aromatic rings. The first-order valence-corrected chi connectivity index (χ1v) is 5.33. The molecule has 0 aliphatic carbocycles. The number of hydrogen-bond acceptors (Lipinski definition) is 2. The summed E-state index contributed by atoms with van der Waals surface area (Å²) in [7, 11) is 0. The summed E-state index contributed by atoms with van der Waals surface area (Å²) in [4.78, 5) is 11.8. The van der Waals surface area contributed by atoms with Gasteiger partial charge >= 0.3 is 6.18 Å². The van der Waals surface area contributed by atoms with Crippen molar-refractivity contribution in [2.24, 2.45) is 0 Å². The average molecular weight is 293 g/mol. The Kier molecular flexibility index (Phi) is 3.36. The van der Waals surface area contributed by atoms with Gasteiger partial charge in [0, 0.05) is 5.56 Å². The third-order valence-corrected chi connectivity index (χ3v) is 2.69. The zero-order chi connectivity index (χ0) is 14.2. The Morgan fingerprint density at radius 2 is 1.89 bits per heavy atom. The van der Waals surface area contributed by atoms with Gasteiger partial charge in [0.2, 0.25) is 5.22 Å². The fraction of sp³-hybridized carbons (Fsp3) is 0.0833. The third kappa shape index (κ3) is 2.63. The second-order valence-corrected chi connectivity index (χ2v) is 3.97. The van der Waals surface area contributed by atoms with Crippen LogP contribution in [0.4, 0.5) is 17.6 Å². The molecule has 0 N–H and O–H groups in total. The molecule has 2 rings (SSSR count). The molecule has 1 heterocycles. The highest BCUT2D eigenvalue weighted by molar-refractivity contribution is 6.33. The van der Waals surface area contributed by atoms with E-state index >= 15 is 0 Å². The topological polar surface area (TPSA) is 30.2 Å². The molecule has 0 unspecified atom stereocenters. The highest BCUT2D eigenvalue weighted by atomic mass is 35.5. The largest absolute Gasteiger partial charge is 0.452 e. The molecule has 2 nitrogen and oxygen atoms in total. The molecule has 19 heavy (non-hydrogen) atoms. The van der Waals surface area contributed by atoms with E-state index < -0.39 is 23.3 Å². The number of hydrogen-bond donors (Lipinski definition) is 0. The molecule has 0 amide bonds. The normalized spacial score (nSPS) is 11.6. The second kappa shape index (κ2) is 4.70. The van der Waals surface area contributed by atoms with Gasteiger partial charge in [-0.25, -0.2) is 4.39 Å². The highest BCUT2D eigenvalue weighted by Gasteiger charge is 2.34. The predicted molar refractivity (Wildman–Crippen MR) is 58.6 cm³/mol. The highest BCUT2D eigenvalue weighted by Crippen LogP contribution is 2.32. The Hall–Kier alpha value is -1.82. The lowest BCUT2D eigenvalue weighted by atomic mass is 10.0. The summed E-state index contributed by atoms with van der Waals surface area (Å²) in [6.45, 7) is 0. The molecule has 0 saturated heterocycles. The van der Waals surface area contributed by atoms with Gasteiger partial charge in [0.15, 0.2) is 5.78 Å². The lowest BCUT2D eigenvalue weighted by Gasteiger charge is -2.08. The fourth-order valence-electron chi connectivity index (χ4n) is 1.50. The number of furan rings is 1. The van der Waals surface area contributed by atoms with Crippen molar-refractivity contribution >= 4 is 17.4 Å². The van der Waals surface area contributed by atoms with E-state index in [-0.39, 0.29) is 16.3 Å². The number of carbonyl (C=O) groups excluding carboxylic acids is 1. The minimum atomic E-state index is -4.81. The molecular weight excluding hydrogens is 288 g/mol. The Morgan fingerprint density at radius 3 is 2.37 bits per heavy atom. The fourth-order valence-corrected chi connectivity index (χ4v) is 1.70. The van der Waals surface area contributed by atoms with Crippen LogP contribution in [0.5, 0.6) is 0 Å². The summed E-state index contributed by atoms with van der Waals surface area (Å²) in [6.07, 6.45) is -3.66. The molecule has 100 valence electrons. The van der Waals surface area contributed by atoms with E-state index in [0.29, 0.717) is 12.1 Å². The van der Waals surface area contributed by atoms with Gasteiger partial charge in [0.25, 0.3) is 0 Å². The van der Waals surface area contributed by atoms with E-state index in [1.807, 2.05) is 0 Å². The van der Waals surface area contributed by atoms with Crippen LogP contribution in [0.2, 0.25) is 5.22 Å². The molecule has 0 radical (unpaired) electrons. The zero-order valence-corrected chi connectivity index (χ0v) is 9.85. The minimum Gasteiger partial charge on any atom is -0.452 e. The van der Waals surface area contributed by atoms with Crippen molar-refractivity contribution in [2.75, 3.05) is 0 Å². The first kappa shape index (κ1) is 13.6. The van der Waals surface area contributed by atoms with Gasteiger partial charge in [-0.3, -0.25) is 4.79 Å². The van der Waals surface area contributed by atoms with Crippen molar-refractivity contribution in [3.63, 3.8) is 0 Å². The Labute approximate surface area is 109 Å². The number of alkyl halides is 3. The van der Waals surface area contributed by atoms with Crippen molar-refractivity contribution < 1.29 is 26.8 Å². The van der Waals surface area contributed by atoms with Crippen LogP contribution in [0.1, 0.15) is 21.5 Å². The minimum absolute atomic E-state index is 0.0409. The Morgan fingerprint density at radius 1 is 1.21 bits per heavy atom. The van der Waals surface area contributed by atoms with Gasteiger partial charge in [0.05, 0.1) is 17.4 Å². The zero-order valence-electron chi connectivity index (χ0n) is 9.09. The summed E-state index contributed by atoms with van der Waals surface area (Å²) < 4.78 is 55.1. The van der Waals surface area contributed by atoms with Crippen molar-refractivity contribution in [2.45, 2.75) is 6.18 Å². The van der Waals surface area contributed by atoms with Gasteiger partial charge in [-0.05, 0) is 29.8 Å². The van der Waals surface area contributed by atoms with Crippen LogP contribution >= 0.6 is 11.6 Å². The lowest BCUT2D eigenvalue weighted by molar-refractivity contribution is -0.140. The standard InChI is InChI=1S/C12H5ClF4O2/c13-11-7(3-4-19-11)10(18)6-1-2-8(9(14)5-6)12(15,16)17/h1-5H. The van der Waals surface area contributed by atoms with Gasteiger partial charge in [-0.1, -0.05) is 6.07 Å². The summed E-state index contributed by atoms with van der Waals surface area (Å²) >= 11 is 5.57. The van der Waals surface area contributed by atoms with E-state index in [1.165, 1.54) is 6.07 Å². The summed E-state index contributed by atoms with van der Waals surface area (Å²) in [5, 5.41) is -0.203. The first-order chi connectivity index (χ1) is 8.80. The van der Waals surface area contributed by atoms with E-state index in [0.717, 1.165) is 12.3 Å². The summed E-state index contributed by atoms with van der Waals surface area (Å²) in [5.74, 6) is -2.23.